The van der Waals surface area contributed by atoms with Gasteiger partial charge >= 0.3 is 0 Å². The van der Waals surface area contributed by atoms with E-state index in [0.717, 1.165) is 16.7 Å². The van der Waals surface area contributed by atoms with Crippen molar-refractivity contribution in [3.05, 3.63) is 58.9 Å². The zero-order valence-electron chi connectivity index (χ0n) is 17.3. The molecule has 0 saturated heterocycles. The maximum atomic E-state index is 13.2. The summed E-state index contributed by atoms with van der Waals surface area (Å²) >= 11 is 0. The molecular weight excluding hydrogens is 356 g/mol. The topological polar surface area (TPSA) is 59.1 Å². The maximum absolute atomic E-state index is 13.2. The Morgan fingerprint density at radius 3 is 1.85 bits per heavy atom. The Bertz CT molecular complexity index is 828. The van der Waals surface area contributed by atoms with Crippen LogP contribution in [0.2, 0.25) is 0 Å². The van der Waals surface area contributed by atoms with Gasteiger partial charge in [-0.15, -0.1) is 0 Å². The summed E-state index contributed by atoms with van der Waals surface area (Å²) in [5, 5.41) is 0. The van der Waals surface area contributed by atoms with Crippen molar-refractivity contribution in [1.29, 1.82) is 0 Å². The third-order valence-electron chi connectivity index (χ3n) is 4.80. The van der Waals surface area contributed by atoms with Gasteiger partial charge in [0.05, 0.1) is 4.90 Å². The van der Waals surface area contributed by atoms with Crippen molar-refractivity contribution in [2.75, 3.05) is 6.54 Å². The predicted octanol–water partition coefficient (Wildman–Crippen LogP) is 4.97. The molecule has 1 aromatic heterocycles. The number of pyridine rings is 1. The van der Waals surface area contributed by atoms with Crippen LogP contribution in [0.4, 0.5) is 0 Å². The number of hydrogen-bond acceptors (Lipinski definition) is 3. The average molecular weight is 389 g/mol. The molecule has 4 nitrogen and oxygen atoms in total. The van der Waals surface area contributed by atoms with Gasteiger partial charge in [0, 0.05) is 18.9 Å². The molecule has 0 spiro atoms. The SMILES string of the molecule is CC(C)c1cc(C(C)C)c(S(=O)(=O)NCCc2ccncc2)c(C(C)C)c1. The van der Waals surface area contributed by atoms with Crippen molar-refractivity contribution in [3.63, 3.8) is 0 Å². The molecule has 1 N–H and O–H groups in total. The lowest BCUT2D eigenvalue weighted by molar-refractivity contribution is 0.576. The molecule has 0 unspecified atom stereocenters. The predicted molar refractivity (Wildman–Crippen MR) is 112 cm³/mol. The molecule has 2 aromatic rings. The second-order valence-electron chi connectivity index (χ2n) is 8.00. The third kappa shape index (κ3) is 5.39. The van der Waals surface area contributed by atoms with Crippen LogP contribution in [0, 0.1) is 0 Å². The smallest absolute Gasteiger partial charge is 0.241 e. The van der Waals surface area contributed by atoms with E-state index in [0.29, 0.717) is 23.8 Å². The molecule has 0 aliphatic heterocycles. The second kappa shape index (κ2) is 8.98. The van der Waals surface area contributed by atoms with Crippen LogP contribution in [0.25, 0.3) is 0 Å². The number of sulfonamides is 1. The van der Waals surface area contributed by atoms with Crippen molar-refractivity contribution in [2.24, 2.45) is 0 Å². The molecule has 0 radical (unpaired) electrons. The molecule has 0 bridgehead atoms. The zero-order valence-corrected chi connectivity index (χ0v) is 18.1. The van der Waals surface area contributed by atoms with Crippen molar-refractivity contribution in [3.8, 4) is 0 Å². The first-order valence-electron chi connectivity index (χ1n) is 9.69. The van der Waals surface area contributed by atoms with Gasteiger partial charge in [0.15, 0.2) is 0 Å². The minimum absolute atomic E-state index is 0.132. The molecule has 148 valence electrons. The number of nitrogens with one attached hydrogen (secondary N) is 1. The molecule has 0 atom stereocenters. The molecular formula is C22H32N2O2S. The molecule has 0 saturated carbocycles. The van der Waals surface area contributed by atoms with E-state index in [9.17, 15) is 8.42 Å². The fraction of sp³-hybridized carbons (Fsp3) is 0.500. The first-order valence-corrected chi connectivity index (χ1v) is 11.2. The van der Waals surface area contributed by atoms with Gasteiger partial charge in [0.25, 0.3) is 0 Å². The summed E-state index contributed by atoms with van der Waals surface area (Å²) in [5.74, 6) is 0.623. The summed E-state index contributed by atoms with van der Waals surface area (Å²) in [6.07, 6.45) is 4.09. The second-order valence-corrected chi connectivity index (χ2v) is 9.70. The number of benzene rings is 1. The van der Waals surface area contributed by atoms with Gasteiger partial charge < -0.3 is 0 Å². The van der Waals surface area contributed by atoms with Crippen molar-refractivity contribution in [2.45, 2.75) is 70.6 Å². The normalized spacial score (nSPS) is 12.3. The Labute approximate surface area is 164 Å². The largest absolute Gasteiger partial charge is 0.265 e. The molecule has 0 amide bonds. The lowest BCUT2D eigenvalue weighted by Gasteiger charge is -2.23. The molecule has 1 heterocycles. The number of rotatable bonds is 8. The summed E-state index contributed by atoms with van der Waals surface area (Å²) in [5.41, 5.74) is 4.07. The highest BCUT2D eigenvalue weighted by Crippen LogP contribution is 2.34. The van der Waals surface area contributed by atoms with Gasteiger partial charge in [0.2, 0.25) is 10.0 Å². The Morgan fingerprint density at radius 1 is 0.889 bits per heavy atom. The summed E-state index contributed by atoms with van der Waals surface area (Å²) < 4.78 is 29.3. The first kappa shape index (κ1) is 21.6. The standard InChI is InChI=1S/C22H32N2O2S/c1-15(2)19-13-20(16(3)4)22(21(14-19)17(5)6)27(25,26)24-12-9-18-7-10-23-11-8-18/h7-8,10-11,13-17,24H,9,12H2,1-6H3. The molecule has 5 heteroatoms. The highest BCUT2D eigenvalue weighted by molar-refractivity contribution is 7.89. The number of nitrogens with zero attached hydrogens (tertiary/aromatic N) is 1. The average Bonchev–Trinajstić information content (AvgIpc) is 2.61. The van der Waals surface area contributed by atoms with Crippen LogP contribution in [0.5, 0.6) is 0 Å². The molecule has 27 heavy (non-hydrogen) atoms. The Kier molecular flexibility index (Phi) is 7.18. The summed E-state index contributed by atoms with van der Waals surface area (Å²) in [6, 6.07) is 7.95. The Hall–Kier alpha value is -1.72. The summed E-state index contributed by atoms with van der Waals surface area (Å²) in [4.78, 5) is 4.46. The van der Waals surface area contributed by atoms with E-state index >= 15 is 0 Å². The maximum Gasteiger partial charge on any atom is 0.241 e. The van der Waals surface area contributed by atoms with Crippen LogP contribution in [0.15, 0.2) is 41.6 Å². The van der Waals surface area contributed by atoms with E-state index < -0.39 is 10.0 Å². The number of hydrogen-bond donors (Lipinski definition) is 1. The highest BCUT2D eigenvalue weighted by atomic mass is 32.2. The van der Waals surface area contributed by atoms with Crippen molar-refractivity contribution < 1.29 is 8.42 Å². The fourth-order valence-electron chi connectivity index (χ4n) is 3.15. The van der Waals surface area contributed by atoms with Crippen LogP contribution < -0.4 is 4.72 Å². The van der Waals surface area contributed by atoms with E-state index in [2.05, 4.69) is 63.4 Å². The minimum atomic E-state index is -3.59. The van der Waals surface area contributed by atoms with E-state index in [1.54, 1.807) is 12.4 Å². The van der Waals surface area contributed by atoms with E-state index in [4.69, 9.17) is 0 Å². The molecule has 1 aromatic carbocycles. The number of aromatic nitrogens is 1. The van der Waals surface area contributed by atoms with Crippen molar-refractivity contribution >= 4 is 10.0 Å². The van der Waals surface area contributed by atoms with Crippen molar-refractivity contribution in [1.82, 2.24) is 9.71 Å². The zero-order chi connectivity index (χ0) is 20.2. The van der Waals surface area contributed by atoms with Crippen LogP contribution in [-0.2, 0) is 16.4 Å². The van der Waals surface area contributed by atoms with Crippen LogP contribution in [-0.4, -0.2) is 19.9 Å². The lowest BCUT2D eigenvalue weighted by Crippen LogP contribution is -2.28. The van der Waals surface area contributed by atoms with E-state index in [1.807, 2.05) is 12.1 Å². The molecule has 0 aliphatic rings. The van der Waals surface area contributed by atoms with E-state index in [1.165, 1.54) is 5.56 Å². The first-order chi connectivity index (χ1) is 12.6. The van der Waals surface area contributed by atoms with Gasteiger partial charge in [-0.1, -0.05) is 53.7 Å². The third-order valence-corrected chi connectivity index (χ3v) is 6.40. The molecule has 2 rings (SSSR count). The van der Waals surface area contributed by atoms with Gasteiger partial charge in [0.1, 0.15) is 0 Å². The van der Waals surface area contributed by atoms with E-state index in [-0.39, 0.29) is 11.8 Å². The summed E-state index contributed by atoms with van der Waals surface area (Å²) in [7, 11) is -3.59. The van der Waals surface area contributed by atoms with Gasteiger partial charge in [-0.25, -0.2) is 13.1 Å². The quantitative estimate of drug-likeness (QED) is 0.694. The van der Waals surface area contributed by atoms with Gasteiger partial charge in [-0.05, 0) is 58.6 Å². The van der Waals surface area contributed by atoms with Crippen LogP contribution in [0.3, 0.4) is 0 Å². The van der Waals surface area contributed by atoms with Crippen LogP contribution >= 0.6 is 0 Å². The van der Waals surface area contributed by atoms with Crippen LogP contribution in [0.1, 0.15) is 81.5 Å². The fourth-order valence-corrected chi connectivity index (χ4v) is 4.88. The van der Waals surface area contributed by atoms with Gasteiger partial charge in [-0.2, -0.15) is 0 Å². The van der Waals surface area contributed by atoms with Gasteiger partial charge in [-0.3, -0.25) is 4.98 Å². The monoisotopic (exact) mass is 388 g/mol. The summed E-state index contributed by atoms with van der Waals surface area (Å²) in [6.45, 7) is 12.9. The Balaban J connectivity index is 2.41. The minimum Gasteiger partial charge on any atom is -0.265 e. The molecule has 0 fully saturated rings. The Morgan fingerprint density at radius 2 is 1.41 bits per heavy atom. The molecule has 0 aliphatic carbocycles. The lowest BCUT2D eigenvalue weighted by atomic mass is 9.89. The highest BCUT2D eigenvalue weighted by Gasteiger charge is 2.26.